The van der Waals surface area contributed by atoms with E-state index in [-0.39, 0.29) is 29.5 Å². The predicted octanol–water partition coefficient (Wildman–Crippen LogP) is 4.06. The molecule has 3 atom stereocenters. The van der Waals surface area contributed by atoms with Gasteiger partial charge in [-0.05, 0) is 69.1 Å². The van der Waals surface area contributed by atoms with Crippen LogP contribution in [0.5, 0.6) is 5.75 Å². The fraction of sp³-hybridized carbons (Fsp3) is 0.500. The SMILES string of the molecule is Cc1[nH]c2c(-c3cc(C(F)F)ccc3OCC3CC3)ncnc2c1C(=O)N[C@@H]1CC[C@@H](NC(=O)CO)C[C@H]1C. The van der Waals surface area contributed by atoms with Gasteiger partial charge in [-0.3, -0.25) is 9.59 Å². The average Bonchev–Trinajstić information content (AvgIpc) is 3.68. The third-order valence-corrected chi connectivity index (χ3v) is 7.68. The van der Waals surface area contributed by atoms with Crippen molar-refractivity contribution in [1.82, 2.24) is 25.6 Å². The number of aryl methyl sites for hydroxylation is 1. The molecular formula is C28H33F2N5O4. The van der Waals surface area contributed by atoms with Crippen LogP contribution in [-0.4, -0.2) is 57.2 Å². The molecule has 0 radical (unpaired) electrons. The van der Waals surface area contributed by atoms with Crippen molar-refractivity contribution in [3.05, 3.63) is 41.3 Å². The lowest BCUT2D eigenvalue weighted by Gasteiger charge is -2.35. The van der Waals surface area contributed by atoms with Gasteiger partial charge in [0.05, 0.1) is 17.7 Å². The Kier molecular flexibility index (Phi) is 7.79. The number of ether oxygens (including phenoxy) is 1. The van der Waals surface area contributed by atoms with Gasteiger partial charge in [0, 0.05) is 28.9 Å². The van der Waals surface area contributed by atoms with Crippen LogP contribution in [-0.2, 0) is 4.79 Å². The lowest BCUT2D eigenvalue weighted by atomic mass is 9.82. The molecule has 2 aliphatic rings. The summed E-state index contributed by atoms with van der Waals surface area (Å²) in [6, 6.07) is 4.16. The quantitative estimate of drug-likeness (QED) is 0.323. The Balaban J connectivity index is 1.42. The molecule has 5 rings (SSSR count). The van der Waals surface area contributed by atoms with Crippen LogP contribution in [0.1, 0.15) is 67.1 Å². The fourth-order valence-corrected chi connectivity index (χ4v) is 5.35. The molecule has 3 aromatic rings. The Labute approximate surface area is 224 Å². The number of nitrogens with one attached hydrogen (secondary N) is 3. The molecule has 0 aliphatic heterocycles. The number of aromatic nitrogens is 3. The van der Waals surface area contributed by atoms with Gasteiger partial charge in [-0.15, -0.1) is 0 Å². The zero-order valence-electron chi connectivity index (χ0n) is 22.0. The number of amides is 2. The molecule has 0 bridgehead atoms. The molecule has 208 valence electrons. The summed E-state index contributed by atoms with van der Waals surface area (Å²) in [5.41, 5.74) is 2.52. The predicted molar refractivity (Wildman–Crippen MR) is 141 cm³/mol. The number of carbonyl (C=O) groups is 2. The topological polar surface area (TPSA) is 129 Å². The van der Waals surface area contributed by atoms with Crippen LogP contribution >= 0.6 is 0 Å². The minimum absolute atomic E-state index is 0.0433. The van der Waals surface area contributed by atoms with Crippen LogP contribution < -0.4 is 15.4 Å². The maximum atomic E-state index is 13.6. The van der Waals surface area contributed by atoms with E-state index in [0.29, 0.717) is 71.1 Å². The second kappa shape index (κ2) is 11.3. The van der Waals surface area contributed by atoms with E-state index >= 15 is 0 Å². The number of halogens is 2. The van der Waals surface area contributed by atoms with E-state index in [0.717, 1.165) is 12.8 Å². The number of alkyl halides is 2. The third kappa shape index (κ3) is 5.88. The van der Waals surface area contributed by atoms with E-state index in [1.165, 1.54) is 18.5 Å². The standard InChI is InChI=1S/C28H33F2N5O4/c1-14-9-18(34-22(37)11-36)6-7-20(14)35-28(38)23-15(2)33-26-24(31-13-32-25(23)26)19-10-17(27(29)30)5-8-21(19)39-12-16-3-4-16/h5,8,10,13-14,16,18,20,27,33,36H,3-4,6-7,9,11-12H2,1-2H3,(H,34,37)(H,35,38)/t14-,18-,20-/m1/s1. The molecule has 2 aromatic heterocycles. The van der Waals surface area contributed by atoms with E-state index in [1.807, 2.05) is 6.92 Å². The Morgan fingerprint density at radius 2 is 1.97 bits per heavy atom. The van der Waals surface area contributed by atoms with Gasteiger partial charge in [-0.2, -0.15) is 0 Å². The number of fused-ring (bicyclic) bond motifs is 1. The van der Waals surface area contributed by atoms with E-state index in [4.69, 9.17) is 9.84 Å². The van der Waals surface area contributed by atoms with E-state index in [9.17, 15) is 18.4 Å². The average molecular weight is 542 g/mol. The van der Waals surface area contributed by atoms with Crippen molar-refractivity contribution in [2.45, 2.75) is 64.5 Å². The van der Waals surface area contributed by atoms with Crippen molar-refractivity contribution in [2.75, 3.05) is 13.2 Å². The van der Waals surface area contributed by atoms with Gasteiger partial charge < -0.3 is 25.5 Å². The molecule has 2 amide bonds. The van der Waals surface area contributed by atoms with Gasteiger partial charge in [0.25, 0.3) is 12.3 Å². The zero-order chi connectivity index (χ0) is 27.7. The largest absolute Gasteiger partial charge is 0.493 e. The lowest BCUT2D eigenvalue weighted by Crippen LogP contribution is -2.48. The molecule has 4 N–H and O–H groups in total. The molecule has 0 unspecified atom stereocenters. The fourth-order valence-electron chi connectivity index (χ4n) is 5.35. The Morgan fingerprint density at radius 3 is 2.67 bits per heavy atom. The molecule has 1 aromatic carbocycles. The second-order valence-electron chi connectivity index (χ2n) is 10.7. The molecular weight excluding hydrogens is 508 g/mol. The van der Waals surface area contributed by atoms with Gasteiger partial charge in [-0.1, -0.05) is 6.92 Å². The first-order chi connectivity index (χ1) is 18.7. The van der Waals surface area contributed by atoms with Crippen molar-refractivity contribution in [3.8, 4) is 17.0 Å². The summed E-state index contributed by atoms with van der Waals surface area (Å²) in [6.07, 6.45) is 2.90. The van der Waals surface area contributed by atoms with Crippen LogP contribution in [0.3, 0.4) is 0 Å². The molecule has 11 heteroatoms. The summed E-state index contributed by atoms with van der Waals surface area (Å²) in [5.74, 6) is 0.350. The van der Waals surface area contributed by atoms with Crippen LogP contribution in [0.25, 0.3) is 22.3 Å². The number of H-pyrrole nitrogens is 1. The van der Waals surface area contributed by atoms with Gasteiger partial charge >= 0.3 is 0 Å². The minimum Gasteiger partial charge on any atom is -0.493 e. The lowest BCUT2D eigenvalue weighted by molar-refractivity contribution is -0.124. The monoisotopic (exact) mass is 541 g/mol. The highest BCUT2D eigenvalue weighted by Gasteiger charge is 2.31. The molecule has 2 saturated carbocycles. The first-order valence-corrected chi connectivity index (χ1v) is 13.3. The van der Waals surface area contributed by atoms with Crippen molar-refractivity contribution < 1.29 is 28.2 Å². The van der Waals surface area contributed by atoms with E-state index < -0.39 is 18.9 Å². The van der Waals surface area contributed by atoms with Gasteiger partial charge in [-0.25, -0.2) is 18.7 Å². The molecule has 2 heterocycles. The summed E-state index contributed by atoms with van der Waals surface area (Å²) >= 11 is 0. The second-order valence-corrected chi connectivity index (χ2v) is 10.7. The zero-order valence-corrected chi connectivity index (χ0v) is 22.0. The number of aliphatic hydroxyl groups excluding tert-OH is 1. The van der Waals surface area contributed by atoms with Crippen LogP contribution in [0.2, 0.25) is 0 Å². The summed E-state index contributed by atoms with van der Waals surface area (Å²) in [6.45, 7) is 3.75. The Hall–Kier alpha value is -3.60. The summed E-state index contributed by atoms with van der Waals surface area (Å²) in [5, 5.41) is 14.9. The molecule has 9 nitrogen and oxygen atoms in total. The first-order valence-electron chi connectivity index (χ1n) is 13.3. The van der Waals surface area contributed by atoms with Crippen molar-refractivity contribution in [1.29, 1.82) is 0 Å². The number of benzene rings is 1. The Morgan fingerprint density at radius 1 is 1.18 bits per heavy atom. The number of aliphatic hydroxyl groups is 1. The highest BCUT2D eigenvalue weighted by atomic mass is 19.3. The minimum atomic E-state index is -2.65. The van der Waals surface area contributed by atoms with Crippen LogP contribution in [0, 0.1) is 18.8 Å². The molecule has 0 spiro atoms. The van der Waals surface area contributed by atoms with Crippen molar-refractivity contribution in [3.63, 3.8) is 0 Å². The van der Waals surface area contributed by atoms with Gasteiger partial charge in [0.2, 0.25) is 5.91 Å². The first kappa shape index (κ1) is 27.0. The highest BCUT2D eigenvalue weighted by molar-refractivity contribution is 6.09. The Bertz CT molecular complexity index is 1370. The number of rotatable bonds is 9. The van der Waals surface area contributed by atoms with Crippen LogP contribution in [0.15, 0.2) is 24.5 Å². The smallest absolute Gasteiger partial charge is 0.263 e. The van der Waals surface area contributed by atoms with E-state index in [2.05, 4.69) is 25.6 Å². The molecule has 2 fully saturated rings. The summed E-state index contributed by atoms with van der Waals surface area (Å²) in [4.78, 5) is 37.0. The number of hydrogen-bond acceptors (Lipinski definition) is 6. The number of nitrogens with zero attached hydrogens (tertiary/aromatic N) is 2. The maximum Gasteiger partial charge on any atom is 0.263 e. The van der Waals surface area contributed by atoms with E-state index in [1.54, 1.807) is 13.0 Å². The van der Waals surface area contributed by atoms with Gasteiger partial charge in [0.15, 0.2) is 0 Å². The van der Waals surface area contributed by atoms with Crippen molar-refractivity contribution in [2.24, 2.45) is 11.8 Å². The normalized spacial score (nSPS) is 21.2. The maximum absolute atomic E-state index is 13.6. The van der Waals surface area contributed by atoms with Crippen molar-refractivity contribution >= 4 is 22.8 Å². The summed E-state index contributed by atoms with van der Waals surface area (Å²) < 4.78 is 33.2. The summed E-state index contributed by atoms with van der Waals surface area (Å²) in [7, 11) is 0. The highest BCUT2D eigenvalue weighted by Crippen LogP contribution is 2.38. The van der Waals surface area contributed by atoms with Gasteiger partial charge in [0.1, 0.15) is 29.9 Å². The third-order valence-electron chi connectivity index (χ3n) is 7.68. The molecule has 0 saturated heterocycles. The van der Waals surface area contributed by atoms with Crippen LogP contribution in [0.4, 0.5) is 8.78 Å². The number of carbonyl (C=O) groups excluding carboxylic acids is 2. The molecule has 2 aliphatic carbocycles. The molecule has 39 heavy (non-hydrogen) atoms. The number of hydrogen-bond donors (Lipinski definition) is 4. The number of aromatic amines is 1.